The number of rotatable bonds is 3. The zero-order valence-electron chi connectivity index (χ0n) is 9.32. The van der Waals surface area contributed by atoms with E-state index in [2.05, 4.69) is 10.3 Å². The number of pyridine rings is 1. The Morgan fingerprint density at radius 3 is 2.71 bits per heavy atom. The van der Waals surface area contributed by atoms with Gasteiger partial charge in [0.2, 0.25) is 0 Å². The van der Waals surface area contributed by atoms with Crippen LogP contribution in [0.4, 0.5) is 4.39 Å². The van der Waals surface area contributed by atoms with Crippen molar-refractivity contribution < 1.29 is 4.39 Å². The van der Waals surface area contributed by atoms with E-state index in [1.807, 2.05) is 24.3 Å². The second kappa shape index (κ2) is 5.25. The summed E-state index contributed by atoms with van der Waals surface area (Å²) in [6.45, 7) is 0. The molecule has 1 unspecified atom stereocenters. The molecule has 0 saturated heterocycles. The lowest BCUT2D eigenvalue weighted by Crippen LogP contribution is -2.18. The van der Waals surface area contributed by atoms with Gasteiger partial charge in [-0.2, -0.15) is 0 Å². The van der Waals surface area contributed by atoms with Crippen LogP contribution in [0.3, 0.4) is 0 Å². The molecule has 0 aliphatic rings. The third-order valence-corrected chi connectivity index (χ3v) is 2.91. The summed E-state index contributed by atoms with van der Waals surface area (Å²) in [6.07, 6.45) is 2.82. The van der Waals surface area contributed by atoms with Crippen molar-refractivity contribution in [3.05, 3.63) is 64.7 Å². The molecule has 0 amide bonds. The molecule has 0 bridgehead atoms. The van der Waals surface area contributed by atoms with Crippen LogP contribution in [0.2, 0.25) is 5.02 Å². The Morgan fingerprint density at radius 1 is 1.29 bits per heavy atom. The molecule has 1 atom stereocenters. The topological polar surface area (TPSA) is 24.9 Å². The molecule has 0 radical (unpaired) electrons. The molecule has 4 heteroatoms. The van der Waals surface area contributed by atoms with E-state index in [0.717, 1.165) is 11.1 Å². The molecule has 17 heavy (non-hydrogen) atoms. The van der Waals surface area contributed by atoms with E-state index in [1.165, 1.54) is 12.3 Å². The predicted octanol–water partition coefficient (Wildman–Crippen LogP) is 3.18. The fraction of sp³-hybridized carbons (Fsp3) is 0.154. The molecule has 1 aromatic heterocycles. The van der Waals surface area contributed by atoms with E-state index < -0.39 is 0 Å². The fourth-order valence-electron chi connectivity index (χ4n) is 1.80. The average Bonchev–Trinajstić information content (AvgIpc) is 2.33. The van der Waals surface area contributed by atoms with Gasteiger partial charge in [0.1, 0.15) is 5.82 Å². The largest absolute Gasteiger partial charge is 0.309 e. The van der Waals surface area contributed by atoms with Crippen LogP contribution in [0, 0.1) is 5.82 Å². The van der Waals surface area contributed by atoms with Crippen molar-refractivity contribution in [3.8, 4) is 0 Å². The van der Waals surface area contributed by atoms with Gasteiger partial charge in [-0.15, -0.1) is 0 Å². The molecule has 2 rings (SSSR count). The van der Waals surface area contributed by atoms with Crippen LogP contribution in [0.25, 0.3) is 0 Å². The number of nitrogens with zero attached hydrogens (tertiary/aromatic N) is 1. The molecular formula is C13H12ClFN2. The van der Waals surface area contributed by atoms with Gasteiger partial charge in [0, 0.05) is 11.2 Å². The summed E-state index contributed by atoms with van der Waals surface area (Å²) in [5.41, 5.74) is 1.66. The Labute approximate surface area is 104 Å². The predicted molar refractivity (Wildman–Crippen MR) is 66.5 cm³/mol. The monoisotopic (exact) mass is 250 g/mol. The van der Waals surface area contributed by atoms with Gasteiger partial charge < -0.3 is 5.32 Å². The Balaban J connectivity index is 2.44. The minimum absolute atomic E-state index is 0.160. The number of hydrogen-bond donors (Lipinski definition) is 1. The summed E-state index contributed by atoms with van der Waals surface area (Å²) >= 11 is 6.13. The molecule has 1 aromatic carbocycles. The molecule has 0 fully saturated rings. The minimum atomic E-state index is -0.352. The first-order chi connectivity index (χ1) is 8.22. The molecule has 1 N–H and O–H groups in total. The van der Waals surface area contributed by atoms with Gasteiger partial charge in [0.25, 0.3) is 0 Å². The van der Waals surface area contributed by atoms with E-state index in [9.17, 15) is 4.39 Å². The zero-order chi connectivity index (χ0) is 12.3. The van der Waals surface area contributed by atoms with Gasteiger partial charge in [-0.05, 0) is 30.3 Å². The molecule has 1 heterocycles. The van der Waals surface area contributed by atoms with Crippen molar-refractivity contribution >= 4 is 11.6 Å². The summed E-state index contributed by atoms with van der Waals surface area (Å²) in [5, 5.41) is 3.76. The number of nitrogens with one attached hydrogen (secondary N) is 1. The molecule has 0 saturated carbocycles. The van der Waals surface area contributed by atoms with Crippen LogP contribution in [0.5, 0.6) is 0 Å². The molecule has 0 spiro atoms. The van der Waals surface area contributed by atoms with Crippen molar-refractivity contribution in [1.29, 1.82) is 0 Å². The second-order valence-corrected chi connectivity index (χ2v) is 4.09. The van der Waals surface area contributed by atoms with Crippen LogP contribution in [0.1, 0.15) is 17.2 Å². The smallest absolute Gasteiger partial charge is 0.141 e. The summed E-state index contributed by atoms with van der Waals surface area (Å²) in [5.74, 6) is -0.352. The lowest BCUT2D eigenvalue weighted by Gasteiger charge is -2.18. The maximum Gasteiger partial charge on any atom is 0.141 e. The highest BCUT2D eigenvalue weighted by atomic mass is 35.5. The van der Waals surface area contributed by atoms with Crippen LogP contribution < -0.4 is 5.32 Å². The lowest BCUT2D eigenvalue weighted by atomic mass is 10.0. The maximum atomic E-state index is 13.2. The van der Waals surface area contributed by atoms with Gasteiger partial charge >= 0.3 is 0 Å². The minimum Gasteiger partial charge on any atom is -0.309 e. The van der Waals surface area contributed by atoms with Crippen molar-refractivity contribution in [1.82, 2.24) is 10.3 Å². The summed E-state index contributed by atoms with van der Waals surface area (Å²) in [7, 11) is 1.80. The molecular weight excluding hydrogens is 239 g/mol. The van der Waals surface area contributed by atoms with Crippen LogP contribution in [0.15, 0.2) is 42.7 Å². The summed E-state index contributed by atoms with van der Waals surface area (Å²) < 4.78 is 13.2. The van der Waals surface area contributed by atoms with E-state index in [-0.39, 0.29) is 11.9 Å². The Morgan fingerprint density at radius 2 is 2.06 bits per heavy atom. The summed E-state index contributed by atoms with van der Waals surface area (Å²) in [6, 6.07) is 8.78. The Bertz CT molecular complexity index is 516. The Kier molecular flexibility index (Phi) is 3.71. The normalized spacial score (nSPS) is 12.4. The lowest BCUT2D eigenvalue weighted by molar-refractivity contribution is 0.609. The number of aromatic nitrogens is 1. The summed E-state index contributed by atoms with van der Waals surface area (Å²) in [4.78, 5) is 3.85. The second-order valence-electron chi connectivity index (χ2n) is 3.68. The Hall–Kier alpha value is -1.45. The highest BCUT2D eigenvalue weighted by molar-refractivity contribution is 6.31. The SMILES string of the molecule is CNC(c1cncc(F)c1)c1ccccc1Cl. The fourth-order valence-corrected chi connectivity index (χ4v) is 2.04. The first-order valence-electron chi connectivity index (χ1n) is 5.24. The van der Waals surface area contributed by atoms with Crippen LogP contribution in [-0.2, 0) is 0 Å². The highest BCUT2D eigenvalue weighted by Gasteiger charge is 2.15. The number of benzene rings is 1. The first-order valence-corrected chi connectivity index (χ1v) is 5.62. The average molecular weight is 251 g/mol. The third kappa shape index (κ3) is 2.62. The van der Waals surface area contributed by atoms with Crippen molar-refractivity contribution in [2.24, 2.45) is 0 Å². The first kappa shape index (κ1) is 12.0. The van der Waals surface area contributed by atoms with Crippen molar-refractivity contribution in [2.45, 2.75) is 6.04 Å². The molecule has 2 nitrogen and oxygen atoms in total. The van der Waals surface area contributed by atoms with E-state index in [4.69, 9.17) is 11.6 Å². The number of hydrogen-bond acceptors (Lipinski definition) is 2. The maximum absolute atomic E-state index is 13.2. The van der Waals surface area contributed by atoms with Gasteiger partial charge in [0.05, 0.1) is 12.2 Å². The van der Waals surface area contributed by atoms with E-state index in [0.29, 0.717) is 5.02 Å². The van der Waals surface area contributed by atoms with E-state index >= 15 is 0 Å². The molecule has 2 aromatic rings. The van der Waals surface area contributed by atoms with Crippen molar-refractivity contribution in [2.75, 3.05) is 7.05 Å². The van der Waals surface area contributed by atoms with Crippen molar-refractivity contribution in [3.63, 3.8) is 0 Å². The zero-order valence-corrected chi connectivity index (χ0v) is 10.1. The van der Waals surface area contributed by atoms with Crippen LogP contribution >= 0.6 is 11.6 Å². The van der Waals surface area contributed by atoms with Crippen LogP contribution in [-0.4, -0.2) is 12.0 Å². The van der Waals surface area contributed by atoms with Gasteiger partial charge in [-0.25, -0.2) is 4.39 Å². The van der Waals surface area contributed by atoms with E-state index in [1.54, 1.807) is 13.2 Å². The number of halogens is 2. The highest BCUT2D eigenvalue weighted by Crippen LogP contribution is 2.27. The van der Waals surface area contributed by atoms with Gasteiger partial charge in [-0.1, -0.05) is 29.8 Å². The van der Waals surface area contributed by atoms with Gasteiger partial charge in [0.15, 0.2) is 0 Å². The molecule has 88 valence electrons. The third-order valence-electron chi connectivity index (χ3n) is 2.56. The quantitative estimate of drug-likeness (QED) is 0.905. The molecule has 0 aliphatic carbocycles. The standard InChI is InChI=1S/C13H12ClFN2/c1-16-13(9-6-10(15)8-17-7-9)11-4-2-3-5-12(11)14/h2-8,13,16H,1H3. The molecule has 0 aliphatic heterocycles. The van der Waals surface area contributed by atoms with Gasteiger partial charge in [-0.3, -0.25) is 4.98 Å².